The molecule has 0 unspecified atom stereocenters. The molecule has 0 amide bonds. The number of rotatable bonds is 7. The molecule has 6 nitrogen and oxygen atoms in total. The molecule has 3 aromatic rings. The molecule has 7 heteroatoms. The summed E-state index contributed by atoms with van der Waals surface area (Å²) in [5.41, 5.74) is 2.61. The predicted octanol–water partition coefficient (Wildman–Crippen LogP) is 4.70. The Hall–Kier alpha value is -3.58. The molecule has 31 heavy (non-hydrogen) atoms. The highest BCUT2D eigenvalue weighted by Crippen LogP contribution is 2.31. The lowest BCUT2D eigenvalue weighted by atomic mass is 10.2. The van der Waals surface area contributed by atoms with Crippen LogP contribution in [0.1, 0.15) is 16.7 Å². The van der Waals surface area contributed by atoms with Crippen molar-refractivity contribution in [2.45, 2.75) is 18.7 Å². The second-order valence-corrected chi connectivity index (χ2v) is 8.37. The van der Waals surface area contributed by atoms with Crippen LogP contribution >= 0.6 is 0 Å². The molecule has 0 N–H and O–H groups in total. The van der Waals surface area contributed by atoms with Gasteiger partial charge in [0, 0.05) is 6.08 Å². The summed E-state index contributed by atoms with van der Waals surface area (Å²) >= 11 is 0. The van der Waals surface area contributed by atoms with E-state index in [4.69, 9.17) is 13.7 Å². The molecule has 0 atom stereocenters. The monoisotopic (exact) mass is 438 g/mol. The molecule has 0 spiro atoms. The molecular weight excluding hydrogens is 416 g/mol. The van der Waals surface area contributed by atoms with Crippen LogP contribution in [-0.4, -0.2) is 21.5 Å². The Morgan fingerprint density at radius 3 is 2.06 bits per heavy atom. The number of hydrogen-bond donors (Lipinski definition) is 0. The quantitative estimate of drug-likeness (QED) is 0.230. The molecule has 0 fully saturated rings. The van der Waals surface area contributed by atoms with Crippen LogP contribution in [0.5, 0.6) is 17.2 Å². The Bertz CT molecular complexity index is 1190. The lowest BCUT2D eigenvalue weighted by Crippen LogP contribution is -2.10. The fraction of sp³-hybridized carbons (Fsp3) is 0.125. The van der Waals surface area contributed by atoms with Crippen molar-refractivity contribution in [1.29, 1.82) is 0 Å². The van der Waals surface area contributed by atoms with Crippen molar-refractivity contribution >= 4 is 22.2 Å². The summed E-state index contributed by atoms with van der Waals surface area (Å²) in [6.45, 7) is 3.81. The van der Waals surface area contributed by atoms with E-state index in [9.17, 15) is 13.2 Å². The molecule has 0 radical (unpaired) electrons. The summed E-state index contributed by atoms with van der Waals surface area (Å²) < 4.78 is 40.8. The summed E-state index contributed by atoms with van der Waals surface area (Å²) in [5.74, 6) is 0.167. The normalized spacial score (nSPS) is 11.3. The second-order valence-electron chi connectivity index (χ2n) is 6.83. The minimum atomic E-state index is -4.01. The third-order valence-electron chi connectivity index (χ3n) is 4.35. The van der Waals surface area contributed by atoms with Crippen molar-refractivity contribution < 1.29 is 26.9 Å². The molecule has 160 valence electrons. The minimum Gasteiger partial charge on any atom is -0.493 e. The van der Waals surface area contributed by atoms with E-state index < -0.39 is 16.1 Å². The summed E-state index contributed by atoms with van der Waals surface area (Å²) in [6.07, 6.45) is 2.81. The fourth-order valence-electron chi connectivity index (χ4n) is 2.65. The number of esters is 1. The zero-order valence-electron chi connectivity index (χ0n) is 17.4. The van der Waals surface area contributed by atoms with Gasteiger partial charge in [0.15, 0.2) is 11.5 Å². The molecular formula is C24H22O6S. The van der Waals surface area contributed by atoms with E-state index >= 15 is 0 Å². The van der Waals surface area contributed by atoms with Gasteiger partial charge in [-0.25, -0.2) is 4.79 Å². The van der Waals surface area contributed by atoms with Gasteiger partial charge in [-0.2, -0.15) is 8.42 Å². The van der Waals surface area contributed by atoms with Gasteiger partial charge < -0.3 is 13.7 Å². The van der Waals surface area contributed by atoms with E-state index in [1.54, 1.807) is 36.4 Å². The molecule has 0 heterocycles. The smallest absolute Gasteiger partial charge is 0.339 e. The van der Waals surface area contributed by atoms with Crippen LogP contribution in [-0.2, 0) is 14.9 Å². The Balaban J connectivity index is 1.73. The number of carbonyl (C=O) groups is 1. The molecule has 0 saturated heterocycles. The minimum absolute atomic E-state index is 0.0439. The zero-order chi connectivity index (χ0) is 22.4. The number of methoxy groups -OCH3 is 1. The standard InChI is InChI=1S/C24H22O6S/c1-17-4-10-20(11-5-17)29-24(25)15-9-19-8-14-22(23(16-19)28-3)30-31(26,27)21-12-6-18(2)7-13-21/h4-16H,1-3H3/b15-9+. The van der Waals surface area contributed by atoms with Gasteiger partial charge in [0.05, 0.1) is 7.11 Å². The van der Waals surface area contributed by atoms with Crippen molar-refractivity contribution in [2.75, 3.05) is 7.11 Å². The maximum Gasteiger partial charge on any atom is 0.339 e. The van der Waals surface area contributed by atoms with Crippen LogP contribution in [0.3, 0.4) is 0 Å². The topological polar surface area (TPSA) is 78.9 Å². The molecule has 0 aliphatic rings. The van der Waals surface area contributed by atoms with E-state index in [1.165, 1.54) is 37.5 Å². The fourth-order valence-corrected chi connectivity index (χ4v) is 3.59. The summed E-state index contributed by atoms with van der Waals surface area (Å²) in [6, 6.07) is 18.1. The lowest BCUT2D eigenvalue weighted by molar-refractivity contribution is -0.128. The van der Waals surface area contributed by atoms with E-state index in [-0.39, 0.29) is 16.4 Å². The highest BCUT2D eigenvalue weighted by molar-refractivity contribution is 7.87. The largest absolute Gasteiger partial charge is 0.493 e. The van der Waals surface area contributed by atoms with Crippen molar-refractivity contribution in [3.63, 3.8) is 0 Å². The van der Waals surface area contributed by atoms with E-state index in [0.717, 1.165) is 11.1 Å². The molecule has 0 saturated carbocycles. The van der Waals surface area contributed by atoms with Gasteiger partial charge in [-0.1, -0.05) is 41.5 Å². The van der Waals surface area contributed by atoms with Gasteiger partial charge in [-0.3, -0.25) is 0 Å². The number of aryl methyl sites for hydroxylation is 2. The first-order valence-corrected chi connectivity index (χ1v) is 10.8. The van der Waals surface area contributed by atoms with E-state index in [0.29, 0.717) is 11.3 Å². The third-order valence-corrected chi connectivity index (χ3v) is 5.60. The molecule has 0 aliphatic carbocycles. The average Bonchev–Trinajstić information content (AvgIpc) is 2.74. The van der Waals surface area contributed by atoms with Gasteiger partial charge in [-0.05, 0) is 61.9 Å². The maximum absolute atomic E-state index is 12.5. The van der Waals surface area contributed by atoms with Gasteiger partial charge in [0.1, 0.15) is 10.6 Å². The molecule has 3 aromatic carbocycles. The molecule has 3 rings (SSSR count). The van der Waals surface area contributed by atoms with Gasteiger partial charge in [-0.15, -0.1) is 0 Å². The van der Waals surface area contributed by atoms with Crippen molar-refractivity contribution in [3.8, 4) is 17.2 Å². The van der Waals surface area contributed by atoms with Crippen molar-refractivity contribution in [1.82, 2.24) is 0 Å². The van der Waals surface area contributed by atoms with E-state index in [1.807, 2.05) is 26.0 Å². The van der Waals surface area contributed by atoms with Crippen molar-refractivity contribution in [2.24, 2.45) is 0 Å². The van der Waals surface area contributed by atoms with Crippen LogP contribution < -0.4 is 13.7 Å². The van der Waals surface area contributed by atoms with Crippen LogP contribution in [0, 0.1) is 13.8 Å². The Morgan fingerprint density at radius 1 is 0.839 bits per heavy atom. The summed E-state index contributed by atoms with van der Waals surface area (Å²) in [4.78, 5) is 12.1. The van der Waals surface area contributed by atoms with Gasteiger partial charge in [0.25, 0.3) is 0 Å². The van der Waals surface area contributed by atoms with Gasteiger partial charge in [0.2, 0.25) is 0 Å². The maximum atomic E-state index is 12.5. The number of hydrogen-bond acceptors (Lipinski definition) is 6. The molecule has 0 aromatic heterocycles. The van der Waals surface area contributed by atoms with E-state index in [2.05, 4.69) is 0 Å². The highest BCUT2D eigenvalue weighted by Gasteiger charge is 2.19. The third kappa shape index (κ3) is 5.96. The predicted molar refractivity (Wildman–Crippen MR) is 118 cm³/mol. The number of benzene rings is 3. The Morgan fingerprint density at radius 2 is 1.45 bits per heavy atom. The molecule has 0 aliphatic heterocycles. The zero-order valence-corrected chi connectivity index (χ0v) is 18.2. The average molecular weight is 439 g/mol. The van der Waals surface area contributed by atoms with Crippen LogP contribution in [0.4, 0.5) is 0 Å². The number of ether oxygens (including phenoxy) is 2. The Labute approximate surface area is 181 Å². The Kier molecular flexibility index (Phi) is 6.77. The summed E-state index contributed by atoms with van der Waals surface area (Å²) in [7, 11) is -2.61. The van der Waals surface area contributed by atoms with Crippen LogP contribution in [0.25, 0.3) is 6.08 Å². The SMILES string of the molecule is COc1cc(/C=C/C(=O)Oc2ccc(C)cc2)ccc1OS(=O)(=O)c1ccc(C)cc1. The highest BCUT2D eigenvalue weighted by atomic mass is 32.2. The number of carbonyl (C=O) groups excluding carboxylic acids is 1. The van der Waals surface area contributed by atoms with Gasteiger partial charge >= 0.3 is 16.1 Å². The second kappa shape index (κ2) is 9.49. The van der Waals surface area contributed by atoms with Crippen LogP contribution in [0.2, 0.25) is 0 Å². The first-order valence-electron chi connectivity index (χ1n) is 9.42. The lowest BCUT2D eigenvalue weighted by Gasteiger charge is -2.11. The van der Waals surface area contributed by atoms with Crippen molar-refractivity contribution in [3.05, 3.63) is 89.5 Å². The first kappa shape index (κ1) is 22.1. The molecule has 0 bridgehead atoms. The van der Waals surface area contributed by atoms with Crippen LogP contribution in [0.15, 0.2) is 77.7 Å². The summed E-state index contributed by atoms with van der Waals surface area (Å²) in [5, 5.41) is 0. The first-order chi connectivity index (χ1) is 14.8.